The summed E-state index contributed by atoms with van der Waals surface area (Å²) in [4.78, 5) is 0. The first-order valence-corrected chi connectivity index (χ1v) is 7.71. The SMILES string of the molecule is Cc1ccc(C)c(CC(Cc2ccc(Cl)cc2Cl)NN)c1. The van der Waals surface area contributed by atoms with Crippen LogP contribution in [0.4, 0.5) is 0 Å². The Morgan fingerprint density at radius 3 is 2.38 bits per heavy atom. The van der Waals surface area contributed by atoms with Crippen molar-refractivity contribution in [2.24, 2.45) is 5.84 Å². The summed E-state index contributed by atoms with van der Waals surface area (Å²) in [5.74, 6) is 5.72. The molecule has 2 rings (SSSR count). The highest BCUT2D eigenvalue weighted by Crippen LogP contribution is 2.23. The van der Waals surface area contributed by atoms with Crippen molar-refractivity contribution < 1.29 is 0 Å². The molecule has 0 heterocycles. The Morgan fingerprint density at radius 2 is 1.71 bits per heavy atom. The Hall–Kier alpha value is -1.06. The van der Waals surface area contributed by atoms with Crippen LogP contribution in [0.15, 0.2) is 36.4 Å². The van der Waals surface area contributed by atoms with Gasteiger partial charge in [-0.2, -0.15) is 0 Å². The molecule has 0 bridgehead atoms. The van der Waals surface area contributed by atoms with Crippen molar-refractivity contribution in [1.82, 2.24) is 5.43 Å². The third-order valence-electron chi connectivity index (χ3n) is 3.69. The maximum atomic E-state index is 6.24. The van der Waals surface area contributed by atoms with Crippen molar-refractivity contribution in [1.29, 1.82) is 0 Å². The van der Waals surface area contributed by atoms with E-state index in [1.807, 2.05) is 12.1 Å². The molecular weight excluding hydrogens is 303 g/mol. The lowest BCUT2D eigenvalue weighted by atomic mass is 9.95. The molecule has 0 saturated carbocycles. The highest BCUT2D eigenvalue weighted by Gasteiger charge is 2.13. The van der Waals surface area contributed by atoms with Gasteiger partial charge in [-0.05, 0) is 55.5 Å². The van der Waals surface area contributed by atoms with Gasteiger partial charge in [0.2, 0.25) is 0 Å². The Balaban J connectivity index is 2.14. The zero-order valence-electron chi connectivity index (χ0n) is 12.3. The molecule has 0 aliphatic rings. The number of hydrogen-bond acceptors (Lipinski definition) is 2. The molecule has 0 aromatic heterocycles. The molecule has 3 N–H and O–H groups in total. The summed E-state index contributed by atoms with van der Waals surface area (Å²) >= 11 is 12.2. The summed E-state index contributed by atoms with van der Waals surface area (Å²) in [6, 6.07) is 12.2. The van der Waals surface area contributed by atoms with Gasteiger partial charge in [0.1, 0.15) is 0 Å². The standard InChI is InChI=1S/C17H20Cl2N2/c1-11-3-4-12(2)14(7-11)9-16(21-20)8-13-5-6-15(18)10-17(13)19/h3-7,10,16,21H,8-9,20H2,1-2H3. The molecule has 0 fully saturated rings. The molecule has 112 valence electrons. The van der Waals surface area contributed by atoms with E-state index < -0.39 is 0 Å². The van der Waals surface area contributed by atoms with Gasteiger partial charge in [0.05, 0.1) is 0 Å². The summed E-state index contributed by atoms with van der Waals surface area (Å²) in [6.45, 7) is 4.22. The van der Waals surface area contributed by atoms with Crippen LogP contribution in [0, 0.1) is 13.8 Å². The van der Waals surface area contributed by atoms with Gasteiger partial charge in [0.15, 0.2) is 0 Å². The van der Waals surface area contributed by atoms with Gasteiger partial charge in [0.25, 0.3) is 0 Å². The fraction of sp³-hybridized carbons (Fsp3) is 0.294. The molecule has 21 heavy (non-hydrogen) atoms. The van der Waals surface area contributed by atoms with Crippen molar-refractivity contribution in [2.75, 3.05) is 0 Å². The second-order valence-corrected chi connectivity index (χ2v) is 6.28. The summed E-state index contributed by atoms with van der Waals surface area (Å²) in [6.07, 6.45) is 1.63. The molecule has 0 radical (unpaired) electrons. The summed E-state index contributed by atoms with van der Waals surface area (Å²) in [7, 11) is 0. The normalized spacial score (nSPS) is 12.4. The fourth-order valence-electron chi connectivity index (χ4n) is 2.43. The highest BCUT2D eigenvalue weighted by atomic mass is 35.5. The molecule has 2 nitrogen and oxygen atoms in total. The van der Waals surface area contributed by atoms with Crippen molar-refractivity contribution in [2.45, 2.75) is 32.7 Å². The molecule has 1 atom stereocenters. The largest absolute Gasteiger partial charge is 0.271 e. The number of halogens is 2. The molecule has 4 heteroatoms. The minimum Gasteiger partial charge on any atom is -0.271 e. The number of nitrogens with one attached hydrogen (secondary N) is 1. The molecule has 0 saturated heterocycles. The molecule has 0 spiro atoms. The van der Waals surface area contributed by atoms with Gasteiger partial charge in [-0.15, -0.1) is 0 Å². The Bertz CT molecular complexity index is 626. The average molecular weight is 323 g/mol. The van der Waals surface area contributed by atoms with Crippen LogP contribution in [-0.4, -0.2) is 6.04 Å². The van der Waals surface area contributed by atoms with Crippen LogP contribution >= 0.6 is 23.2 Å². The van der Waals surface area contributed by atoms with Crippen LogP contribution in [0.1, 0.15) is 22.3 Å². The van der Waals surface area contributed by atoms with Crippen LogP contribution in [0.5, 0.6) is 0 Å². The predicted octanol–water partition coefficient (Wildman–Crippen LogP) is 4.23. The maximum Gasteiger partial charge on any atom is 0.0453 e. The summed E-state index contributed by atoms with van der Waals surface area (Å²) in [5.41, 5.74) is 7.80. The first kappa shape index (κ1) is 16.3. The van der Waals surface area contributed by atoms with Crippen LogP contribution in [0.25, 0.3) is 0 Å². The lowest BCUT2D eigenvalue weighted by Gasteiger charge is -2.18. The minimum atomic E-state index is 0.129. The number of hydrazine groups is 1. The van der Waals surface area contributed by atoms with Crippen LogP contribution < -0.4 is 11.3 Å². The first-order chi connectivity index (χ1) is 9.99. The van der Waals surface area contributed by atoms with E-state index in [0.29, 0.717) is 10.0 Å². The zero-order chi connectivity index (χ0) is 15.4. The van der Waals surface area contributed by atoms with Gasteiger partial charge in [-0.3, -0.25) is 11.3 Å². The Kier molecular flexibility index (Phi) is 5.65. The molecule has 2 aromatic rings. The summed E-state index contributed by atoms with van der Waals surface area (Å²) < 4.78 is 0. The van der Waals surface area contributed by atoms with Crippen LogP contribution in [0.2, 0.25) is 10.0 Å². The number of rotatable bonds is 5. The monoisotopic (exact) mass is 322 g/mol. The summed E-state index contributed by atoms with van der Waals surface area (Å²) in [5, 5.41) is 1.33. The van der Waals surface area contributed by atoms with Crippen LogP contribution in [0.3, 0.4) is 0 Å². The molecule has 0 amide bonds. The topological polar surface area (TPSA) is 38.0 Å². The van der Waals surface area contributed by atoms with Crippen molar-refractivity contribution in [3.63, 3.8) is 0 Å². The maximum absolute atomic E-state index is 6.24. The van der Waals surface area contributed by atoms with Gasteiger partial charge >= 0.3 is 0 Å². The van der Waals surface area contributed by atoms with E-state index in [9.17, 15) is 0 Å². The molecule has 1 unspecified atom stereocenters. The number of nitrogens with two attached hydrogens (primary N) is 1. The average Bonchev–Trinajstić information content (AvgIpc) is 2.44. The van der Waals surface area contributed by atoms with E-state index in [4.69, 9.17) is 29.0 Å². The smallest absolute Gasteiger partial charge is 0.0453 e. The molecular formula is C17H20Cl2N2. The van der Waals surface area contributed by atoms with E-state index >= 15 is 0 Å². The third-order valence-corrected chi connectivity index (χ3v) is 4.28. The van der Waals surface area contributed by atoms with E-state index in [1.165, 1.54) is 16.7 Å². The lowest BCUT2D eigenvalue weighted by molar-refractivity contribution is 0.521. The van der Waals surface area contributed by atoms with Gasteiger partial charge < -0.3 is 0 Å². The van der Waals surface area contributed by atoms with Gasteiger partial charge in [-0.1, -0.05) is 53.0 Å². The fourth-order valence-corrected chi connectivity index (χ4v) is 2.91. The predicted molar refractivity (Wildman–Crippen MR) is 90.9 cm³/mol. The Morgan fingerprint density at radius 1 is 1.00 bits per heavy atom. The van der Waals surface area contributed by atoms with E-state index in [2.05, 4.69) is 37.5 Å². The second-order valence-electron chi connectivity index (χ2n) is 5.44. The minimum absolute atomic E-state index is 0.129. The number of hydrogen-bond donors (Lipinski definition) is 2. The molecule has 0 aliphatic heterocycles. The van der Waals surface area contributed by atoms with Crippen LogP contribution in [-0.2, 0) is 12.8 Å². The van der Waals surface area contributed by atoms with E-state index in [1.54, 1.807) is 6.07 Å². The van der Waals surface area contributed by atoms with E-state index in [0.717, 1.165) is 18.4 Å². The van der Waals surface area contributed by atoms with Gasteiger partial charge in [0, 0.05) is 16.1 Å². The van der Waals surface area contributed by atoms with Gasteiger partial charge in [-0.25, -0.2) is 0 Å². The van der Waals surface area contributed by atoms with E-state index in [-0.39, 0.29) is 6.04 Å². The first-order valence-electron chi connectivity index (χ1n) is 6.95. The lowest BCUT2D eigenvalue weighted by Crippen LogP contribution is -2.38. The number of benzene rings is 2. The third kappa shape index (κ3) is 4.45. The Labute approximate surface area is 136 Å². The molecule has 0 aliphatic carbocycles. The van der Waals surface area contributed by atoms with Crippen molar-refractivity contribution in [3.05, 3.63) is 68.7 Å². The number of aryl methyl sites for hydroxylation is 2. The van der Waals surface area contributed by atoms with Crippen molar-refractivity contribution in [3.8, 4) is 0 Å². The highest BCUT2D eigenvalue weighted by molar-refractivity contribution is 6.35. The molecule has 2 aromatic carbocycles. The quantitative estimate of drug-likeness (QED) is 0.638. The van der Waals surface area contributed by atoms with Crippen molar-refractivity contribution >= 4 is 23.2 Å². The zero-order valence-corrected chi connectivity index (χ0v) is 13.8. The second kappa shape index (κ2) is 7.28.